The Kier molecular flexibility index (Phi) is 3.88. The van der Waals surface area contributed by atoms with Gasteiger partial charge in [0.25, 0.3) is 0 Å². The van der Waals surface area contributed by atoms with Gasteiger partial charge < -0.3 is 9.73 Å². The van der Waals surface area contributed by atoms with Crippen LogP contribution < -0.4 is 5.32 Å². The summed E-state index contributed by atoms with van der Waals surface area (Å²) in [6.45, 7) is 0. The van der Waals surface area contributed by atoms with Gasteiger partial charge in [0.15, 0.2) is 11.2 Å². The molecule has 0 radical (unpaired) electrons. The highest BCUT2D eigenvalue weighted by Gasteiger charge is 2.11. The van der Waals surface area contributed by atoms with Crippen molar-refractivity contribution in [3.8, 4) is 29.8 Å². The third-order valence-electron chi connectivity index (χ3n) is 3.13. The normalized spacial score (nSPS) is 9.54. The van der Waals surface area contributed by atoms with Crippen LogP contribution in [0.5, 0.6) is 0 Å². The van der Waals surface area contributed by atoms with Crippen LogP contribution in [0.15, 0.2) is 58.3 Å². The van der Waals surface area contributed by atoms with Gasteiger partial charge in [0.2, 0.25) is 5.89 Å². The second kappa shape index (κ2) is 6.31. The van der Waals surface area contributed by atoms with Crippen molar-refractivity contribution in [1.29, 1.82) is 15.8 Å². The number of nitrogens with zero attached hydrogens (tertiary/aromatic N) is 5. The minimum Gasteiger partial charge on any atom is -0.435 e. The number of hydrogen-bond donors (Lipinski definition) is 1. The third-order valence-corrected chi connectivity index (χ3v) is 3.13. The molecule has 3 aromatic rings. The molecule has 0 bridgehead atoms. The van der Waals surface area contributed by atoms with E-state index in [1.807, 2.05) is 6.07 Å². The first-order chi connectivity index (χ1) is 11.7. The molecule has 0 aliphatic rings. The van der Waals surface area contributed by atoms with Gasteiger partial charge in [-0.05, 0) is 30.3 Å². The minimum absolute atomic E-state index is 0.118. The highest BCUT2D eigenvalue weighted by molar-refractivity contribution is 5.80. The fourth-order valence-corrected chi connectivity index (χ4v) is 2.03. The number of aromatic nitrogens is 2. The lowest BCUT2D eigenvalue weighted by molar-refractivity contribution is 0.617. The molecule has 0 atom stereocenters. The Hall–Kier alpha value is -4.15. The van der Waals surface area contributed by atoms with Crippen molar-refractivity contribution in [2.75, 3.05) is 5.32 Å². The number of benzene rings is 1. The molecule has 0 fully saturated rings. The fourth-order valence-electron chi connectivity index (χ4n) is 2.03. The number of nitriles is 3. The Labute approximate surface area is 136 Å². The van der Waals surface area contributed by atoms with Crippen LogP contribution in [-0.4, -0.2) is 9.97 Å². The number of hydrogen-bond acceptors (Lipinski definition) is 7. The van der Waals surface area contributed by atoms with Crippen molar-refractivity contribution in [3.05, 3.63) is 53.9 Å². The van der Waals surface area contributed by atoms with E-state index in [2.05, 4.69) is 15.3 Å². The van der Waals surface area contributed by atoms with Gasteiger partial charge in [0, 0.05) is 11.9 Å². The molecule has 7 heteroatoms. The van der Waals surface area contributed by atoms with E-state index in [1.54, 1.807) is 54.7 Å². The largest absolute Gasteiger partial charge is 0.435 e. The standard InChI is InChI=1S/C17H8N6O/c18-8-11(9-19)15(10-20)22-12-4-5-16-14(7-12)23-17(24-16)13-3-1-2-6-21-13/h1-7,22H. The Morgan fingerprint density at radius 1 is 1.04 bits per heavy atom. The van der Waals surface area contributed by atoms with E-state index >= 15 is 0 Å². The molecule has 0 aliphatic heterocycles. The quantitative estimate of drug-likeness (QED) is 0.737. The summed E-state index contributed by atoms with van der Waals surface area (Å²) in [4.78, 5) is 8.54. The van der Waals surface area contributed by atoms with Crippen LogP contribution in [0.2, 0.25) is 0 Å². The van der Waals surface area contributed by atoms with Crippen LogP contribution in [0, 0.1) is 34.0 Å². The number of fused-ring (bicyclic) bond motifs is 1. The zero-order valence-corrected chi connectivity index (χ0v) is 12.2. The summed E-state index contributed by atoms with van der Waals surface area (Å²) in [6, 6.07) is 15.6. The van der Waals surface area contributed by atoms with Crippen molar-refractivity contribution in [1.82, 2.24) is 9.97 Å². The summed E-state index contributed by atoms with van der Waals surface area (Å²) in [5, 5.41) is 29.5. The lowest BCUT2D eigenvalue weighted by Crippen LogP contribution is -2.00. The minimum atomic E-state index is -0.285. The lowest BCUT2D eigenvalue weighted by Gasteiger charge is -2.03. The highest BCUT2D eigenvalue weighted by Crippen LogP contribution is 2.25. The number of nitrogens with one attached hydrogen (secondary N) is 1. The van der Waals surface area contributed by atoms with Gasteiger partial charge in [0.1, 0.15) is 35.1 Å². The van der Waals surface area contributed by atoms with E-state index in [-0.39, 0.29) is 11.3 Å². The maximum atomic E-state index is 9.07. The number of oxazole rings is 1. The van der Waals surface area contributed by atoms with E-state index in [4.69, 9.17) is 20.2 Å². The molecule has 112 valence electrons. The zero-order valence-electron chi connectivity index (χ0n) is 12.2. The molecule has 24 heavy (non-hydrogen) atoms. The molecule has 0 saturated carbocycles. The predicted molar refractivity (Wildman–Crippen MR) is 84.7 cm³/mol. The van der Waals surface area contributed by atoms with E-state index in [9.17, 15) is 0 Å². The molecule has 0 unspecified atom stereocenters. The molecule has 2 aromatic heterocycles. The van der Waals surface area contributed by atoms with Crippen LogP contribution in [0.4, 0.5) is 5.69 Å². The van der Waals surface area contributed by atoms with Crippen molar-refractivity contribution in [2.45, 2.75) is 0 Å². The van der Waals surface area contributed by atoms with Crippen LogP contribution >= 0.6 is 0 Å². The molecule has 2 heterocycles. The van der Waals surface area contributed by atoms with Gasteiger partial charge in [-0.1, -0.05) is 6.07 Å². The Bertz CT molecular complexity index is 1040. The van der Waals surface area contributed by atoms with Crippen LogP contribution in [-0.2, 0) is 0 Å². The Morgan fingerprint density at radius 3 is 2.54 bits per heavy atom. The molecule has 7 nitrogen and oxygen atoms in total. The fraction of sp³-hybridized carbons (Fsp3) is 0. The zero-order chi connectivity index (χ0) is 16.9. The average Bonchev–Trinajstić information content (AvgIpc) is 3.06. The first-order valence-corrected chi connectivity index (χ1v) is 6.78. The molecule has 3 rings (SSSR count). The number of allylic oxidation sites excluding steroid dienone is 2. The van der Waals surface area contributed by atoms with Gasteiger partial charge in [-0.3, -0.25) is 4.98 Å². The third kappa shape index (κ3) is 2.76. The topological polar surface area (TPSA) is 122 Å². The molecule has 0 saturated heterocycles. The Morgan fingerprint density at radius 2 is 1.88 bits per heavy atom. The van der Waals surface area contributed by atoms with Crippen molar-refractivity contribution in [3.63, 3.8) is 0 Å². The second-order valence-electron chi connectivity index (χ2n) is 4.63. The summed E-state index contributed by atoms with van der Waals surface area (Å²) < 4.78 is 5.65. The van der Waals surface area contributed by atoms with Gasteiger partial charge in [0.05, 0.1) is 0 Å². The maximum absolute atomic E-state index is 9.07. The highest BCUT2D eigenvalue weighted by atomic mass is 16.3. The molecule has 0 spiro atoms. The van der Waals surface area contributed by atoms with Crippen molar-refractivity contribution in [2.24, 2.45) is 0 Å². The molecule has 1 N–H and O–H groups in total. The van der Waals surface area contributed by atoms with Crippen molar-refractivity contribution < 1.29 is 4.42 Å². The summed E-state index contributed by atoms with van der Waals surface area (Å²) >= 11 is 0. The van der Waals surface area contributed by atoms with E-state index in [0.717, 1.165) is 0 Å². The smallest absolute Gasteiger partial charge is 0.246 e. The summed E-state index contributed by atoms with van der Waals surface area (Å²) in [5.74, 6) is 0.383. The number of pyridine rings is 1. The predicted octanol–water partition coefficient (Wildman–Crippen LogP) is 3.13. The summed E-state index contributed by atoms with van der Waals surface area (Å²) in [7, 11) is 0. The summed E-state index contributed by atoms with van der Waals surface area (Å²) in [5.41, 5.74) is 1.84. The van der Waals surface area contributed by atoms with Crippen molar-refractivity contribution >= 4 is 16.8 Å². The Balaban J connectivity index is 1.99. The van der Waals surface area contributed by atoms with E-state index in [1.165, 1.54) is 0 Å². The first-order valence-electron chi connectivity index (χ1n) is 6.78. The van der Waals surface area contributed by atoms with Crippen LogP contribution in [0.1, 0.15) is 0 Å². The second-order valence-corrected chi connectivity index (χ2v) is 4.63. The summed E-state index contributed by atoms with van der Waals surface area (Å²) in [6.07, 6.45) is 1.65. The molecular formula is C17H8N6O. The molecule has 1 aromatic carbocycles. The van der Waals surface area contributed by atoms with Gasteiger partial charge in [-0.15, -0.1) is 0 Å². The maximum Gasteiger partial charge on any atom is 0.246 e. The monoisotopic (exact) mass is 312 g/mol. The van der Waals surface area contributed by atoms with E-state index in [0.29, 0.717) is 28.4 Å². The number of rotatable bonds is 3. The van der Waals surface area contributed by atoms with Crippen LogP contribution in [0.25, 0.3) is 22.7 Å². The van der Waals surface area contributed by atoms with Crippen LogP contribution in [0.3, 0.4) is 0 Å². The van der Waals surface area contributed by atoms with Gasteiger partial charge in [-0.25, -0.2) is 4.98 Å². The molecular weight excluding hydrogens is 304 g/mol. The average molecular weight is 312 g/mol. The van der Waals surface area contributed by atoms with Gasteiger partial charge in [-0.2, -0.15) is 15.8 Å². The molecule has 0 amide bonds. The lowest BCUT2D eigenvalue weighted by atomic mass is 10.2. The van der Waals surface area contributed by atoms with E-state index < -0.39 is 0 Å². The first kappa shape index (κ1) is 14.8. The SMILES string of the molecule is N#CC(C#N)=C(C#N)Nc1ccc2oc(-c3ccccn3)nc2c1. The number of anilines is 1. The van der Waals surface area contributed by atoms with Gasteiger partial charge >= 0.3 is 0 Å². The molecule has 0 aliphatic carbocycles.